The van der Waals surface area contributed by atoms with Crippen molar-refractivity contribution in [2.24, 2.45) is 0 Å². The zero-order valence-electron chi connectivity index (χ0n) is 15.6. The molecule has 1 aromatic rings. The van der Waals surface area contributed by atoms with Crippen LogP contribution in [0.2, 0.25) is 0 Å². The molecule has 0 aliphatic carbocycles. The summed E-state index contributed by atoms with van der Waals surface area (Å²) in [4.78, 5) is 23.3. The Bertz CT molecular complexity index is 473. The molecule has 2 nitrogen and oxygen atoms in total. The Morgan fingerprint density at radius 2 is 1.08 bits per heavy atom. The van der Waals surface area contributed by atoms with Crippen LogP contribution in [0.5, 0.6) is 0 Å². The van der Waals surface area contributed by atoms with E-state index in [-0.39, 0.29) is 11.6 Å². The fourth-order valence-corrected chi connectivity index (χ4v) is 2.98. The number of rotatable bonds is 14. The van der Waals surface area contributed by atoms with Crippen molar-refractivity contribution in [2.75, 3.05) is 0 Å². The third-order valence-electron chi connectivity index (χ3n) is 4.62. The van der Waals surface area contributed by atoms with Crippen LogP contribution < -0.4 is 0 Å². The first-order valence-corrected chi connectivity index (χ1v) is 9.79. The molecule has 0 spiro atoms. The summed E-state index contributed by atoms with van der Waals surface area (Å²) in [6, 6.07) is 7.04. The van der Waals surface area contributed by atoms with Crippen molar-refractivity contribution in [1.29, 1.82) is 0 Å². The summed E-state index contributed by atoms with van der Waals surface area (Å²) in [7, 11) is 0. The van der Waals surface area contributed by atoms with Gasteiger partial charge >= 0.3 is 0 Å². The molecule has 134 valence electrons. The number of carbonyl (C=O) groups excluding carboxylic acids is 2. The Kier molecular flexibility index (Phi) is 11.1. The van der Waals surface area contributed by atoms with Crippen molar-refractivity contribution in [3.63, 3.8) is 0 Å². The number of carbonyl (C=O) groups is 2. The summed E-state index contributed by atoms with van der Waals surface area (Å²) in [5, 5.41) is 0. The van der Waals surface area contributed by atoms with Gasteiger partial charge in [-0.1, -0.05) is 95.4 Å². The molecule has 2 heteroatoms. The molecule has 0 atom stereocenters. The number of hydrogen-bond donors (Lipinski definition) is 0. The maximum Gasteiger partial charge on any atom is 0.162 e. The molecule has 0 saturated carbocycles. The number of benzene rings is 1. The molecule has 0 unspecified atom stereocenters. The van der Waals surface area contributed by atoms with Crippen molar-refractivity contribution in [3.05, 3.63) is 35.4 Å². The number of hydrogen-bond acceptors (Lipinski definition) is 2. The van der Waals surface area contributed by atoms with Gasteiger partial charge in [0.15, 0.2) is 11.6 Å². The highest BCUT2D eigenvalue weighted by molar-refractivity contribution is 5.98. The SMILES string of the molecule is CCCCCCCCCCCCCC(=O)c1ccc(C(C)=O)cc1. The standard InChI is InChI=1S/C22H34O2/c1-3-4-5-6-7-8-9-10-11-12-13-14-22(24)21-17-15-20(16-18-21)19(2)23/h15-18H,3-14H2,1-2H3. The van der Waals surface area contributed by atoms with E-state index < -0.39 is 0 Å². The number of unbranched alkanes of at least 4 members (excludes halogenated alkanes) is 10. The van der Waals surface area contributed by atoms with Crippen LogP contribution in [0.4, 0.5) is 0 Å². The molecule has 0 aliphatic rings. The fourth-order valence-electron chi connectivity index (χ4n) is 2.98. The summed E-state index contributed by atoms with van der Waals surface area (Å²) < 4.78 is 0. The van der Waals surface area contributed by atoms with E-state index in [4.69, 9.17) is 0 Å². The minimum Gasteiger partial charge on any atom is -0.295 e. The van der Waals surface area contributed by atoms with Crippen molar-refractivity contribution >= 4 is 11.6 Å². The second-order valence-corrected chi connectivity index (χ2v) is 6.84. The molecule has 24 heavy (non-hydrogen) atoms. The van der Waals surface area contributed by atoms with Gasteiger partial charge in [0, 0.05) is 17.5 Å². The van der Waals surface area contributed by atoms with E-state index in [2.05, 4.69) is 6.92 Å². The van der Waals surface area contributed by atoms with Gasteiger partial charge in [0.25, 0.3) is 0 Å². The Morgan fingerprint density at radius 3 is 1.54 bits per heavy atom. The monoisotopic (exact) mass is 330 g/mol. The molecule has 0 bridgehead atoms. The summed E-state index contributed by atoms with van der Waals surface area (Å²) in [5.74, 6) is 0.236. The lowest BCUT2D eigenvalue weighted by Crippen LogP contribution is -2.00. The minimum absolute atomic E-state index is 0.0411. The third kappa shape index (κ3) is 9.00. The van der Waals surface area contributed by atoms with Crippen molar-refractivity contribution in [3.8, 4) is 0 Å². The van der Waals surface area contributed by atoms with E-state index in [1.54, 1.807) is 31.2 Å². The van der Waals surface area contributed by atoms with Crippen LogP contribution in [0.15, 0.2) is 24.3 Å². The number of ketones is 2. The molecule has 0 heterocycles. The molecule has 0 aliphatic heterocycles. The van der Waals surface area contributed by atoms with E-state index in [0.717, 1.165) is 18.4 Å². The normalized spacial score (nSPS) is 10.8. The highest BCUT2D eigenvalue weighted by Crippen LogP contribution is 2.14. The van der Waals surface area contributed by atoms with E-state index in [1.165, 1.54) is 57.8 Å². The van der Waals surface area contributed by atoms with Crippen molar-refractivity contribution in [1.82, 2.24) is 0 Å². The minimum atomic E-state index is 0.0411. The van der Waals surface area contributed by atoms with Crippen LogP contribution >= 0.6 is 0 Å². The molecule has 1 aromatic carbocycles. The van der Waals surface area contributed by atoms with Gasteiger partial charge in [-0.3, -0.25) is 9.59 Å². The maximum absolute atomic E-state index is 12.1. The lowest BCUT2D eigenvalue weighted by molar-refractivity contribution is 0.0975. The zero-order valence-corrected chi connectivity index (χ0v) is 15.6. The van der Waals surface area contributed by atoms with Crippen LogP contribution in [0.1, 0.15) is 112 Å². The molecule has 0 saturated heterocycles. The first-order valence-electron chi connectivity index (χ1n) is 9.79. The molecule has 0 radical (unpaired) electrons. The van der Waals surface area contributed by atoms with E-state index in [0.29, 0.717) is 12.0 Å². The van der Waals surface area contributed by atoms with Gasteiger partial charge in [0.05, 0.1) is 0 Å². The lowest BCUT2D eigenvalue weighted by Gasteiger charge is -2.04. The van der Waals surface area contributed by atoms with Gasteiger partial charge in [-0.05, 0) is 13.3 Å². The predicted octanol–water partition coefficient (Wildman–Crippen LogP) is 6.77. The second-order valence-electron chi connectivity index (χ2n) is 6.84. The van der Waals surface area contributed by atoms with Crippen molar-refractivity contribution in [2.45, 2.75) is 90.9 Å². The Hall–Kier alpha value is -1.44. The van der Waals surface area contributed by atoms with E-state index >= 15 is 0 Å². The molecular formula is C22H34O2. The smallest absolute Gasteiger partial charge is 0.162 e. The van der Waals surface area contributed by atoms with Crippen molar-refractivity contribution < 1.29 is 9.59 Å². The molecular weight excluding hydrogens is 296 g/mol. The predicted molar refractivity (Wildman–Crippen MR) is 102 cm³/mol. The fraction of sp³-hybridized carbons (Fsp3) is 0.636. The molecule has 0 amide bonds. The summed E-state index contributed by atoms with van der Waals surface area (Å²) in [5.41, 5.74) is 1.40. The Balaban J connectivity index is 2.02. The third-order valence-corrected chi connectivity index (χ3v) is 4.62. The zero-order chi connectivity index (χ0) is 17.6. The van der Waals surface area contributed by atoms with Gasteiger partial charge in [-0.2, -0.15) is 0 Å². The van der Waals surface area contributed by atoms with Gasteiger partial charge in [0.1, 0.15) is 0 Å². The summed E-state index contributed by atoms with van der Waals surface area (Å²) in [6.45, 7) is 3.80. The molecule has 0 N–H and O–H groups in total. The Morgan fingerprint density at radius 1 is 0.667 bits per heavy atom. The summed E-state index contributed by atoms with van der Waals surface area (Å²) in [6.07, 6.45) is 14.9. The van der Waals surface area contributed by atoms with Gasteiger partial charge in [-0.15, -0.1) is 0 Å². The van der Waals surface area contributed by atoms with Crippen LogP contribution in [0.3, 0.4) is 0 Å². The maximum atomic E-state index is 12.1. The largest absolute Gasteiger partial charge is 0.295 e. The first-order chi connectivity index (χ1) is 11.6. The highest BCUT2D eigenvalue weighted by atomic mass is 16.1. The molecule has 0 fully saturated rings. The highest BCUT2D eigenvalue weighted by Gasteiger charge is 2.06. The lowest BCUT2D eigenvalue weighted by atomic mass is 10.0. The van der Waals surface area contributed by atoms with E-state index in [9.17, 15) is 9.59 Å². The van der Waals surface area contributed by atoms with Gasteiger partial charge in [-0.25, -0.2) is 0 Å². The van der Waals surface area contributed by atoms with Gasteiger partial charge < -0.3 is 0 Å². The Labute approximate surface area is 148 Å². The number of Topliss-reactive ketones (excluding diaryl/α,β-unsaturated/α-hetero) is 2. The van der Waals surface area contributed by atoms with Crippen LogP contribution in [0.25, 0.3) is 0 Å². The summed E-state index contributed by atoms with van der Waals surface area (Å²) >= 11 is 0. The molecule has 1 rings (SSSR count). The molecule has 0 aromatic heterocycles. The van der Waals surface area contributed by atoms with Crippen LogP contribution in [-0.2, 0) is 0 Å². The average molecular weight is 331 g/mol. The first kappa shape index (κ1) is 20.6. The average Bonchev–Trinajstić information content (AvgIpc) is 2.59. The quantitative estimate of drug-likeness (QED) is 0.278. The van der Waals surface area contributed by atoms with Crippen LogP contribution in [-0.4, -0.2) is 11.6 Å². The van der Waals surface area contributed by atoms with E-state index in [1.807, 2.05) is 0 Å². The topological polar surface area (TPSA) is 34.1 Å². The van der Waals surface area contributed by atoms with Crippen LogP contribution in [0, 0.1) is 0 Å². The van der Waals surface area contributed by atoms with Gasteiger partial charge in [0.2, 0.25) is 0 Å². The second kappa shape index (κ2) is 12.9.